The van der Waals surface area contributed by atoms with Gasteiger partial charge in [-0.2, -0.15) is 0 Å². The normalized spacial score (nSPS) is 10.1. The molecule has 0 unspecified atom stereocenters. The minimum atomic E-state index is -0.141. The van der Waals surface area contributed by atoms with E-state index in [1.807, 2.05) is 12.3 Å². The summed E-state index contributed by atoms with van der Waals surface area (Å²) in [5, 5.41) is 3.59. The number of nitrogens with one attached hydrogen (secondary N) is 1. The highest BCUT2D eigenvalue weighted by molar-refractivity contribution is 7.98. The molecule has 2 heterocycles. The van der Waals surface area contributed by atoms with Crippen molar-refractivity contribution >= 4 is 17.7 Å². The fourth-order valence-electron chi connectivity index (χ4n) is 1.68. The molecule has 0 saturated carbocycles. The van der Waals surface area contributed by atoms with Gasteiger partial charge in [-0.15, -0.1) is 11.8 Å². The molecular weight excluding hydrogens is 274 g/mol. The van der Waals surface area contributed by atoms with Gasteiger partial charge in [0.1, 0.15) is 5.03 Å². The summed E-state index contributed by atoms with van der Waals surface area (Å²) in [5.41, 5.74) is 1.51. The Morgan fingerprint density at radius 1 is 1.35 bits per heavy atom. The molecule has 1 N–H and O–H groups in total. The lowest BCUT2D eigenvalue weighted by molar-refractivity contribution is 0.0947. The molecule has 0 aliphatic rings. The van der Waals surface area contributed by atoms with Crippen molar-refractivity contribution in [3.8, 4) is 5.88 Å². The van der Waals surface area contributed by atoms with Crippen LogP contribution in [0.1, 0.15) is 15.9 Å². The summed E-state index contributed by atoms with van der Waals surface area (Å²) in [6.07, 6.45) is 5.22. The molecule has 0 aliphatic heterocycles. The van der Waals surface area contributed by atoms with Gasteiger partial charge < -0.3 is 10.1 Å². The highest BCUT2D eigenvalue weighted by Crippen LogP contribution is 2.16. The molecule has 2 rings (SSSR count). The fraction of sp³-hybridized carbons (Fsp3) is 0.214. The predicted molar refractivity (Wildman–Crippen MR) is 78.0 cm³/mol. The first-order valence-electron chi connectivity index (χ1n) is 6.00. The van der Waals surface area contributed by atoms with Gasteiger partial charge in [-0.1, -0.05) is 0 Å². The maximum atomic E-state index is 12.1. The Kier molecular flexibility index (Phi) is 4.95. The van der Waals surface area contributed by atoms with Crippen molar-refractivity contribution in [1.29, 1.82) is 0 Å². The van der Waals surface area contributed by atoms with Crippen LogP contribution in [0.5, 0.6) is 5.88 Å². The summed E-state index contributed by atoms with van der Waals surface area (Å²) in [6.45, 7) is 0.417. The lowest BCUT2D eigenvalue weighted by Crippen LogP contribution is -2.23. The van der Waals surface area contributed by atoms with Crippen molar-refractivity contribution in [2.75, 3.05) is 13.4 Å². The van der Waals surface area contributed by atoms with E-state index in [2.05, 4.69) is 15.3 Å². The van der Waals surface area contributed by atoms with Gasteiger partial charge in [-0.25, -0.2) is 9.97 Å². The highest BCUT2D eigenvalue weighted by Gasteiger charge is 2.11. The second kappa shape index (κ2) is 6.91. The van der Waals surface area contributed by atoms with Crippen LogP contribution < -0.4 is 10.1 Å². The van der Waals surface area contributed by atoms with E-state index in [-0.39, 0.29) is 5.91 Å². The molecule has 104 valence electrons. The number of thioether (sulfide) groups is 1. The van der Waals surface area contributed by atoms with Gasteiger partial charge in [0, 0.05) is 25.0 Å². The lowest BCUT2D eigenvalue weighted by atomic mass is 10.2. The van der Waals surface area contributed by atoms with Crippen molar-refractivity contribution in [2.45, 2.75) is 11.6 Å². The summed E-state index contributed by atoms with van der Waals surface area (Å²) in [7, 11) is 1.56. The third kappa shape index (κ3) is 3.48. The van der Waals surface area contributed by atoms with E-state index >= 15 is 0 Å². The quantitative estimate of drug-likeness (QED) is 0.854. The van der Waals surface area contributed by atoms with E-state index in [4.69, 9.17) is 4.74 Å². The third-order valence-electron chi connectivity index (χ3n) is 2.67. The molecule has 0 saturated heterocycles. The number of rotatable bonds is 5. The Morgan fingerprint density at radius 3 is 2.95 bits per heavy atom. The van der Waals surface area contributed by atoms with Crippen LogP contribution in [0.3, 0.4) is 0 Å². The molecule has 0 fully saturated rings. The zero-order valence-corrected chi connectivity index (χ0v) is 12.1. The molecule has 0 radical (unpaired) electrons. The zero-order valence-electron chi connectivity index (χ0n) is 11.3. The predicted octanol–water partition coefficient (Wildman–Crippen LogP) is 2.14. The van der Waals surface area contributed by atoms with Gasteiger partial charge in [-0.05, 0) is 30.0 Å². The number of pyridine rings is 2. The molecule has 5 nitrogen and oxygen atoms in total. The van der Waals surface area contributed by atoms with Crippen LogP contribution in [0.25, 0.3) is 0 Å². The number of carbonyl (C=O) groups is 1. The number of amides is 1. The van der Waals surface area contributed by atoms with Crippen LogP contribution in [0.15, 0.2) is 41.7 Å². The second-order valence-electron chi connectivity index (χ2n) is 3.95. The highest BCUT2D eigenvalue weighted by atomic mass is 32.2. The van der Waals surface area contributed by atoms with Crippen molar-refractivity contribution in [2.24, 2.45) is 0 Å². The molecule has 1 amide bonds. The molecule has 2 aromatic rings. The maximum absolute atomic E-state index is 12.1. The van der Waals surface area contributed by atoms with Gasteiger partial charge in [0.25, 0.3) is 5.91 Å². The number of nitrogens with zero attached hydrogens (tertiary/aromatic N) is 2. The van der Waals surface area contributed by atoms with Crippen LogP contribution in [0.2, 0.25) is 0 Å². The van der Waals surface area contributed by atoms with E-state index in [1.165, 1.54) is 11.8 Å². The number of aromatic nitrogens is 2. The average molecular weight is 289 g/mol. The number of hydrogen-bond donors (Lipinski definition) is 1. The topological polar surface area (TPSA) is 64.1 Å². The molecule has 0 bridgehead atoms. The van der Waals surface area contributed by atoms with Gasteiger partial charge in [-0.3, -0.25) is 4.79 Å². The van der Waals surface area contributed by atoms with Crippen LogP contribution in [0, 0.1) is 0 Å². The van der Waals surface area contributed by atoms with Gasteiger partial charge in [0.2, 0.25) is 5.88 Å². The Bertz CT molecular complexity index is 604. The average Bonchev–Trinajstić information content (AvgIpc) is 2.52. The number of carbonyl (C=O) groups excluding carboxylic acids is 1. The summed E-state index contributed by atoms with van der Waals surface area (Å²) < 4.78 is 5.05. The van der Waals surface area contributed by atoms with E-state index in [1.54, 1.807) is 37.7 Å². The third-order valence-corrected chi connectivity index (χ3v) is 3.38. The summed E-state index contributed by atoms with van der Waals surface area (Å²) in [6, 6.07) is 7.14. The molecule has 6 heteroatoms. The second-order valence-corrected chi connectivity index (χ2v) is 4.74. The monoisotopic (exact) mass is 289 g/mol. The van der Waals surface area contributed by atoms with Crippen LogP contribution in [-0.4, -0.2) is 29.2 Å². The summed E-state index contributed by atoms with van der Waals surface area (Å²) in [4.78, 5) is 20.3. The molecule has 20 heavy (non-hydrogen) atoms. The SMILES string of the molecule is COc1cc(CNC(=O)c2cccnc2SC)ccn1. The lowest BCUT2D eigenvalue weighted by Gasteiger charge is -2.08. The smallest absolute Gasteiger partial charge is 0.254 e. The maximum Gasteiger partial charge on any atom is 0.254 e. The number of hydrogen-bond acceptors (Lipinski definition) is 5. The molecule has 0 aromatic carbocycles. The Balaban J connectivity index is 2.04. The van der Waals surface area contributed by atoms with Crippen molar-refractivity contribution in [1.82, 2.24) is 15.3 Å². The van der Waals surface area contributed by atoms with E-state index < -0.39 is 0 Å². The van der Waals surface area contributed by atoms with Crippen LogP contribution in [0.4, 0.5) is 0 Å². The minimum Gasteiger partial charge on any atom is -0.481 e. The van der Waals surface area contributed by atoms with E-state index in [0.29, 0.717) is 18.0 Å². The van der Waals surface area contributed by atoms with Crippen molar-refractivity contribution in [3.63, 3.8) is 0 Å². The minimum absolute atomic E-state index is 0.141. The molecule has 0 atom stereocenters. The van der Waals surface area contributed by atoms with Crippen LogP contribution in [-0.2, 0) is 6.54 Å². The van der Waals surface area contributed by atoms with Crippen molar-refractivity contribution in [3.05, 3.63) is 47.8 Å². The first-order chi connectivity index (χ1) is 9.74. The Labute approximate surface area is 121 Å². The van der Waals surface area contributed by atoms with Gasteiger partial charge in [0.15, 0.2) is 0 Å². The van der Waals surface area contributed by atoms with Crippen molar-refractivity contribution < 1.29 is 9.53 Å². The zero-order chi connectivity index (χ0) is 14.4. The summed E-state index contributed by atoms with van der Waals surface area (Å²) >= 11 is 1.45. The molecule has 0 spiro atoms. The first-order valence-corrected chi connectivity index (χ1v) is 7.23. The molecule has 2 aromatic heterocycles. The Hall–Kier alpha value is -2.08. The molecule has 0 aliphatic carbocycles. The van der Waals surface area contributed by atoms with E-state index in [0.717, 1.165) is 10.6 Å². The molecular formula is C14H15N3O2S. The summed E-state index contributed by atoms with van der Waals surface area (Å²) in [5.74, 6) is 0.390. The van der Waals surface area contributed by atoms with Gasteiger partial charge in [0.05, 0.1) is 12.7 Å². The van der Waals surface area contributed by atoms with E-state index in [9.17, 15) is 4.79 Å². The number of ether oxygens (including phenoxy) is 1. The fourth-order valence-corrected chi connectivity index (χ4v) is 2.22. The largest absolute Gasteiger partial charge is 0.481 e. The first kappa shape index (κ1) is 14.3. The van der Waals surface area contributed by atoms with Crippen LogP contribution >= 0.6 is 11.8 Å². The number of methoxy groups -OCH3 is 1. The standard InChI is InChI=1S/C14H15N3O2S/c1-19-12-8-10(5-7-15-12)9-17-13(18)11-4-3-6-16-14(11)20-2/h3-8H,9H2,1-2H3,(H,17,18). The Morgan fingerprint density at radius 2 is 2.20 bits per heavy atom. The van der Waals surface area contributed by atoms with Gasteiger partial charge >= 0.3 is 0 Å².